The summed E-state index contributed by atoms with van der Waals surface area (Å²) in [5.41, 5.74) is 5.90. The van der Waals surface area contributed by atoms with Gasteiger partial charge >= 0.3 is 0 Å². The summed E-state index contributed by atoms with van der Waals surface area (Å²) in [7, 11) is 0. The van der Waals surface area contributed by atoms with E-state index in [9.17, 15) is 0 Å². The summed E-state index contributed by atoms with van der Waals surface area (Å²) < 4.78 is 0. The van der Waals surface area contributed by atoms with Crippen molar-refractivity contribution in [1.29, 1.82) is 0 Å². The molecule has 0 radical (unpaired) electrons. The van der Waals surface area contributed by atoms with Crippen molar-refractivity contribution < 1.29 is 0 Å². The first-order valence-electron chi connectivity index (χ1n) is 6.65. The van der Waals surface area contributed by atoms with Gasteiger partial charge in [-0.2, -0.15) is 0 Å². The van der Waals surface area contributed by atoms with Crippen LogP contribution in [0.3, 0.4) is 0 Å². The molecule has 2 heterocycles. The van der Waals surface area contributed by atoms with Gasteiger partial charge in [-0.1, -0.05) is 0 Å². The molecule has 92 valence electrons. The molecule has 17 heavy (non-hydrogen) atoms. The van der Waals surface area contributed by atoms with E-state index in [0.717, 1.165) is 18.2 Å². The number of piperidine rings is 1. The van der Waals surface area contributed by atoms with Crippen LogP contribution in [0.1, 0.15) is 50.8 Å². The van der Waals surface area contributed by atoms with Gasteiger partial charge in [0.2, 0.25) is 0 Å². The number of rotatable bonds is 2. The molecule has 1 aliphatic carbocycles. The van der Waals surface area contributed by atoms with Crippen LogP contribution in [-0.2, 0) is 0 Å². The summed E-state index contributed by atoms with van der Waals surface area (Å²) in [6, 6.07) is 2.50. The molecule has 2 fully saturated rings. The number of nitrogens with two attached hydrogens (primary N) is 1. The lowest BCUT2D eigenvalue weighted by molar-refractivity contribution is 0.480. The number of nitrogen functional groups attached to an aromatic ring is 1. The maximum Gasteiger partial charge on any atom is 0.136 e. The van der Waals surface area contributed by atoms with Crippen molar-refractivity contribution in [2.45, 2.75) is 51.0 Å². The van der Waals surface area contributed by atoms with Gasteiger partial charge in [0.15, 0.2) is 0 Å². The van der Waals surface area contributed by atoms with E-state index in [0.29, 0.717) is 17.8 Å². The summed E-state index contributed by atoms with van der Waals surface area (Å²) in [6.45, 7) is 3.37. The molecule has 0 unspecified atom stereocenters. The van der Waals surface area contributed by atoms with E-state index in [1.165, 1.54) is 32.1 Å². The number of anilines is 2. The van der Waals surface area contributed by atoms with Gasteiger partial charge in [0.05, 0.1) is 0 Å². The molecule has 4 nitrogen and oxygen atoms in total. The lowest BCUT2D eigenvalue weighted by Gasteiger charge is -2.34. The van der Waals surface area contributed by atoms with Crippen molar-refractivity contribution in [2.24, 2.45) is 0 Å². The molecule has 4 heteroatoms. The third-order valence-corrected chi connectivity index (χ3v) is 3.79. The molecule has 0 amide bonds. The van der Waals surface area contributed by atoms with Crippen LogP contribution in [-0.4, -0.2) is 22.6 Å². The number of aromatic nitrogens is 2. The largest absolute Gasteiger partial charge is 0.384 e. The zero-order valence-electron chi connectivity index (χ0n) is 10.4. The summed E-state index contributed by atoms with van der Waals surface area (Å²) in [5.74, 6) is 3.18. The molecule has 1 atom stereocenters. The van der Waals surface area contributed by atoms with E-state index in [1.807, 2.05) is 6.07 Å². The van der Waals surface area contributed by atoms with Gasteiger partial charge in [-0.05, 0) is 39.0 Å². The van der Waals surface area contributed by atoms with Gasteiger partial charge in [0.25, 0.3) is 0 Å². The molecule has 1 aromatic rings. The van der Waals surface area contributed by atoms with Crippen LogP contribution < -0.4 is 10.6 Å². The van der Waals surface area contributed by atoms with Crippen molar-refractivity contribution in [1.82, 2.24) is 9.97 Å². The molecular formula is C13H20N4. The Kier molecular flexibility index (Phi) is 2.65. The molecule has 3 rings (SSSR count). The molecule has 0 bridgehead atoms. The Bertz CT molecular complexity index is 414. The fourth-order valence-electron chi connectivity index (χ4n) is 2.58. The zero-order chi connectivity index (χ0) is 11.8. The summed E-state index contributed by atoms with van der Waals surface area (Å²) in [4.78, 5) is 11.4. The van der Waals surface area contributed by atoms with Crippen molar-refractivity contribution in [3.05, 3.63) is 11.9 Å². The maximum absolute atomic E-state index is 5.90. The second kappa shape index (κ2) is 4.17. The molecule has 1 aliphatic heterocycles. The first kappa shape index (κ1) is 10.8. The van der Waals surface area contributed by atoms with Gasteiger partial charge < -0.3 is 10.6 Å². The van der Waals surface area contributed by atoms with Gasteiger partial charge in [-0.15, -0.1) is 0 Å². The van der Waals surface area contributed by atoms with E-state index in [4.69, 9.17) is 10.7 Å². The smallest absolute Gasteiger partial charge is 0.136 e. The monoisotopic (exact) mass is 232 g/mol. The summed E-state index contributed by atoms with van der Waals surface area (Å²) in [5, 5.41) is 0. The Morgan fingerprint density at radius 3 is 2.76 bits per heavy atom. The molecule has 0 aromatic carbocycles. The first-order valence-corrected chi connectivity index (χ1v) is 6.65. The minimum absolute atomic E-state index is 0.567. The number of hydrogen-bond acceptors (Lipinski definition) is 4. The molecule has 1 saturated carbocycles. The SMILES string of the molecule is C[C@H]1CCCCN1c1cc(N)nc(C2CC2)n1. The predicted molar refractivity (Wildman–Crippen MR) is 69.1 cm³/mol. The Labute approximate surface area is 102 Å². The van der Waals surface area contributed by atoms with Crippen LogP contribution in [0.5, 0.6) is 0 Å². The van der Waals surface area contributed by atoms with Crippen LogP contribution in [0.2, 0.25) is 0 Å². The minimum atomic E-state index is 0.567. The van der Waals surface area contributed by atoms with Crippen LogP contribution >= 0.6 is 0 Å². The Hall–Kier alpha value is -1.32. The second-order valence-corrected chi connectivity index (χ2v) is 5.32. The molecule has 2 aliphatic rings. The highest BCUT2D eigenvalue weighted by Crippen LogP contribution is 2.39. The highest BCUT2D eigenvalue weighted by molar-refractivity contribution is 5.48. The topological polar surface area (TPSA) is 55.0 Å². The number of hydrogen-bond donors (Lipinski definition) is 1. The molecule has 2 N–H and O–H groups in total. The number of nitrogens with zero attached hydrogens (tertiary/aromatic N) is 3. The minimum Gasteiger partial charge on any atom is -0.384 e. The van der Waals surface area contributed by atoms with Gasteiger partial charge in [-0.3, -0.25) is 0 Å². The van der Waals surface area contributed by atoms with Crippen LogP contribution in [0, 0.1) is 0 Å². The highest BCUT2D eigenvalue weighted by Gasteiger charge is 2.28. The Morgan fingerprint density at radius 1 is 1.24 bits per heavy atom. The van der Waals surface area contributed by atoms with E-state index < -0.39 is 0 Å². The van der Waals surface area contributed by atoms with Crippen molar-refractivity contribution in [3.63, 3.8) is 0 Å². The first-order chi connectivity index (χ1) is 8.24. The van der Waals surface area contributed by atoms with Crippen molar-refractivity contribution in [3.8, 4) is 0 Å². The fourth-order valence-corrected chi connectivity index (χ4v) is 2.58. The summed E-state index contributed by atoms with van der Waals surface area (Å²) in [6.07, 6.45) is 6.28. The van der Waals surface area contributed by atoms with E-state index in [2.05, 4.69) is 16.8 Å². The molecule has 1 aromatic heterocycles. The molecular weight excluding hydrogens is 212 g/mol. The van der Waals surface area contributed by atoms with Gasteiger partial charge in [0.1, 0.15) is 17.5 Å². The van der Waals surface area contributed by atoms with Crippen LogP contribution in [0.25, 0.3) is 0 Å². The second-order valence-electron chi connectivity index (χ2n) is 5.32. The quantitative estimate of drug-likeness (QED) is 0.850. The van der Waals surface area contributed by atoms with Gasteiger partial charge in [-0.25, -0.2) is 9.97 Å². The summed E-state index contributed by atoms with van der Waals surface area (Å²) >= 11 is 0. The average molecular weight is 232 g/mol. The lowest BCUT2D eigenvalue weighted by atomic mass is 10.0. The van der Waals surface area contributed by atoms with E-state index >= 15 is 0 Å². The van der Waals surface area contributed by atoms with Crippen molar-refractivity contribution in [2.75, 3.05) is 17.2 Å². The zero-order valence-corrected chi connectivity index (χ0v) is 10.4. The highest BCUT2D eigenvalue weighted by atomic mass is 15.2. The standard InChI is InChI=1S/C13H20N4/c1-9-4-2-3-7-17(9)12-8-11(14)15-13(16-12)10-5-6-10/h8-10H,2-7H2,1H3,(H2,14,15,16)/t9-/m0/s1. The third kappa shape index (κ3) is 2.21. The lowest BCUT2D eigenvalue weighted by Crippen LogP contribution is -2.38. The maximum atomic E-state index is 5.90. The fraction of sp³-hybridized carbons (Fsp3) is 0.692. The van der Waals surface area contributed by atoms with E-state index in [-0.39, 0.29) is 0 Å². The normalized spacial score (nSPS) is 25.0. The average Bonchev–Trinajstić information content (AvgIpc) is 3.12. The Morgan fingerprint density at radius 2 is 2.06 bits per heavy atom. The van der Waals surface area contributed by atoms with Crippen molar-refractivity contribution >= 4 is 11.6 Å². The van der Waals surface area contributed by atoms with Gasteiger partial charge in [0, 0.05) is 24.6 Å². The van der Waals surface area contributed by atoms with Crippen LogP contribution in [0.4, 0.5) is 11.6 Å². The molecule has 1 saturated heterocycles. The third-order valence-electron chi connectivity index (χ3n) is 3.79. The predicted octanol–water partition coefficient (Wildman–Crippen LogP) is 2.32. The van der Waals surface area contributed by atoms with Crippen LogP contribution in [0.15, 0.2) is 6.07 Å². The Balaban J connectivity index is 1.90. The van der Waals surface area contributed by atoms with E-state index in [1.54, 1.807) is 0 Å². The molecule has 0 spiro atoms.